The third kappa shape index (κ3) is 11.7. The van der Waals surface area contributed by atoms with E-state index in [1.807, 2.05) is 19.1 Å². The minimum absolute atomic E-state index is 0.00270. The Morgan fingerprint density at radius 1 is 0.806 bits per heavy atom. The molecule has 12 nitrogen and oxygen atoms in total. The second-order valence-electron chi connectivity index (χ2n) is 19.4. The predicted molar refractivity (Wildman–Crippen MR) is 243 cm³/mol. The Labute approximate surface area is 369 Å². The molecular weight excluding hydrogens is 783 g/mol. The Bertz CT molecular complexity index is 1850. The highest BCUT2D eigenvalue weighted by Gasteiger charge is 2.68. The van der Waals surface area contributed by atoms with E-state index in [2.05, 4.69) is 62.6 Å². The van der Waals surface area contributed by atoms with Crippen LogP contribution < -0.4 is 22.1 Å². The second kappa shape index (κ2) is 21.8. The molecule has 2 aromatic rings. The van der Waals surface area contributed by atoms with Crippen molar-refractivity contribution in [1.82, 2.24) is 10.6 Å². The first-order valence-electron chi connectivity index (χ1n) is 23.2. The molecule has 1 aliphatic heterocycles. The molecule has 2 bridgehead atoms. The van der Waals surface area contributed by atoms with Crippen LogP contribution in [0.25, 0.3) is 11.1 Å². The van der Waals surface area contributed by atoms with Crippen LogP contribution in [-0.2, 0) is 34.9 Å². The summed E-state index contributed by atoms with van der Waals surface area (Å²) in [5.41, 5.74) is 15.2. The van der Waals surface area contributed by atoms with Crippen molar-refractivity contribution in [3.63, 3.8) is 0 Å². The van der Waals surface area contributed by atoms with E-state index in [4.69, 9.17) is 20.8 Å². The highest BCUT2D eigenvalue weighted by molar-refractivity contribution is 6.47. The van der Waals surface area contributed by atoms with E-state index in [-0.39, 0.29) is 61.1 Å². The van der Waals surface area contributed by atoms with E-state index in [0.29, 0.717) is 43.2 Å². The smallest absolute Gasteiger partial charge is 0.405 e. The second-order valence-corrected chi connectivity index (χ2v) is 19.4. The largest absolute Gasteiger partial charge is 0.461 e. The molecule has 2 aromatic carbocycles. The summed E-state index contributed by atoms with van der Waals surface area (Å²) in [6.07, 6.45) is 5.73. The number of carbonyl (C=O) groups is 5. The van der Waals surface area contributed by atoms with Crippen molar-refractivity contribution in [2.24, 2.45) is 40.6 Å². The first-order valence-corrected chi connectivity index (χ1v) is 23.2. The third-order valence-corrected chi connectivity index (χ3v) is 14.3. The van der Waals surface area contributed by atoms with Gasteiger partial charge in [0.1, 0.15) is 6.04 Å². The number of ketones is 3. The van der Waals surface area contributed by atoms with Gasteiger partial charge in [-0.3, -0.25) is 24.0 Å². The molecule has 1 unspecified atom stereocenters. The fourth-order valence-corrected chi connectivity index (χ4v) is 10.0. The minimum atomic E-state index is -1.32. The molecule has 10 atom stereocenters. The fraction of sp³-hybridized carbons (Fsp3) is 0.653. The maximum atomic E-state index is 13.8. The van der Waals surface area contributed by atoms with Crippen molar-refractivity contribution >= 4 is 36.3 Å². The van der Waals surface area contributed by atoms with E-state index in [1.54, 1.807) is 19.1 Å². The van der Waals surface area contributed by atoms with Crippen LogP contribution >= 0.6 is 0 Å². The van der Waals surface area contributed by atoms with Crippen molar-refractivity contribution in [3.8, 4) is 11.1 Å². The number of aliphatic hydroxyl groups is 1. The van der Waals surface area contributed by atoms with Crippen LogP contribution in [0.2, 0.25) is 5.82 Å². The zero-order chi connectivity index (χ0) is 45.4. The number of amides is 2. The van der Waals surface area contributed by atoms with Gasteiger partial charge in [-0.15, -0.1) is 0 Å². The van der Waals surface area contributed by atoms with Crippen molar-refractivity contribution in [2.75, 3.05) is 13.1 Å². The number of unbranched alkanes of at least 4 members (excludes halogenated alkanes) is 2. The molecule has 0 aromatic heterocycles. The molecule has 0 spiro atoms. The number of nitrogens with one attached hydrogen (secondary N) is 2. The Hall–Kier alpha value is -3.75. The highest BCUT2D eigenvalue weighted by atomic mass is 16.7. The van der Waals surface area contributed by atoms with E-state index in [0.717, 1.165) is 43.2 Å². The van der Waals surface area contributed by atoms with Gasteiger partial charge in [-0.25, -0.2) is 0 Å². The molecule has 62 heavy (non-hydrogen) atoms. The van der Waals surface area contributed by atoms with Crippen LogP contribution in [-0.4, -0.2) is 84.4 Å². The minimum Gasteiger partial charge on any atom is -0.405 e. The van der Waals surface area contributed by atoms with Crippen molar-refractivity contribution in [2.45, 2.75) is 161 Å². The SMILES string of the molecule is CCCCc1ccc(-c2ccc(C(=O)C[C@@H](CCN)C(=O)N[C@H](C(=O)C[C@@H](C)C(=O)N[C@@H](CCCCN)C(=O)C[C@@H](C)B3OC4C[C@@H]5C[C@@H](C5(C)C)[C@]4(C)O3)[C@@H](C)O)cc2)cc1. The van der Waals surface area contributed by atoms with Gasteiger partial charge in [-0.05, 0) is 118 Å². The van der Waals surface area contributed by atoms with Gasteiger partial charge in [0.2, 0.25) is 11.8 Å². The lowest BCUT2D eigenvalue weighted by atomic mass is 9.43. The number of aryl methyl sites for hydroxylation is 1. The molecule has 3 saturated carbocycles. The third-order valence-electron chi connectivity index (χ3n) is 14.3. The molecule has 3 aliphatic carbocycles. The molecular formula is C49H73BN4O8. The summed E-state index contributed by atoms with van der Waals surface area (Å²) in [5, 5.41) is 16.2. The van der Waals surface area contributed by atoms with Gasteiger partial charge in [-0.1, -0.05) is 89.6 Å². The van der Waals surface area contributed by atoms with Crippen LogP contribution in [0.15, 0.2) is 48.5 Å². The summed E-state index contributed by atoms with van der Waals surface area (Å²) in [7, 11) is -0.522. The Morgan fingerprint density at radius 3 is 2.06 bits per heavy atom. The lowest BCUT2D eigenvalue weighted by molar-refractivity contribution is -0.199. The molecule has 1 heterocycles. The van der Waals surface area contributed by atoms with Crippen LogP contribution in [0.5, 0.6) is 0 Å². The van der Waals surface area contributed by atoms with Gasteiger partial charge in [0, 0.05) is 36.7 Å². The molecule has 2 amide bonds. The van der Waals surface area contributed by atoms with Crippen molar-refractivity contribution in [3.05, 3.63) is 59.7 Å². The topological polar surface area (TPSA) is 200 Å². The van der Waals surface area contributed by atoms with Crippen molar-refractivity contribution in [1.29, 1.82) is 0 Å². The molecule has 13 heteroatoms. The van der Waals surface area contributed by atoms with Gasteiger partial charge in [-0.2, -0.15) is 0 Å². The summed E-state index contributed by atoms with van der Waals surface area (Å²) in [6, 6.07) is 13.6. The molecule has 0 radical (unpaired) electrons. The molecule has 4 fully saturated rings. The molecule has 7 N–H and O–H groups in total. The van der Waals surface area contributed by atoms with Crippen LogP contribution in [0.3, 0.4) is 0 Å². The molecule has 6 rings (SSSR count). The fourth-order valence-electron chi connectivity index (χ4n) is 10.0. The van der Waals surface area contributed by atoms with Crippen LogP contribution in [0.1, 0.15) is 135 Å². The zero-order valence-electron chi connectivity index (χ0n) is 38.3. The summed E-state index contributed by atoms with van der Waals surface area (Å²) in [5.74, 6) is -2.94. The molecule has 340 valence electrons. The first kappa shape index (κ1) is 49.3. The Kier molecular flexibility index (Phi) is 17.3. The average molecular weight is 857 g/mol. The number of hydrogen-bond acceptors (Lipinski definition) is 10. The van der Waals surface area contributed by atoms with Crippen LogP contribution in [0.4, 0.5) is 0 Å². The summed E-state index contributed by atoms with van der Waals surface area (Å²) in [4.78, 5) is 68.1. The van der Waals surface area contributed by atoms with E-state index >= 15 is 0 Å². The van der Waals surface area contributed by atoms with Gasteiger partial charge >= 0.3 is 7.12 Å². The molecule has 4 aliphatic rings. The van der Waals surface area contributed by atoms with Gasteiger partial charge in [0.25, 0.3) is 0 Å². The number of Topliss-reactive ketones (excluding diaryl/α,β-unsaturated/α-hetero) is 3. The quantitative estimate of drug-likeness (QED) is 0.0424. The summed E-state index contributed by atoms with van der Waals surface area (Å²) in [6.45, 7) is 14.4. The number of rotatable bonds is 25. The normalized spacial score (nSPS) is 24.1. The monoisotopic (exact) mass is 857 g/mol. The maximum absolute atomic E-state index is 13.8. The van der Waals surface area contributed by atoms with E-state index in [1.165, 1.54) is 12.5 Å². The Morgan fingerprint density at radius 2 is 1.47 bits per heavy atom. The summed E-state index contributed by atoms with van der Waals surface area (Å²) < 4.78 is 13.1. The lowest BCUT2D eigenvalue weighted by Gasteiger charge is -2.64. The van der Waals surface area contributed by atoms with Gasteiger partial charge in [0.05, 0.1) is 23.9 Å². The number of nitrogens with two attached hydrogens (primary N) is 2. The highest BCUT2D eigenvalue weighted by Crippen LogP contribution is 2.66. The van der Waals surface area contributed by atoms with Gasteiger partial charge < -0.3 is 36.5 Å². The average Bonchev–Trinajstić information content (AvgIpc) is 3.61. The number of benzene rings is 2. The van der Waals surface area contributed by atoms with E-state index in [9.17, 15) is 29.1 Å². The number of carbonyl (C=O) groups excluding carboxylic acids is 5. The first-order chi connectivity index (χ1) is 29.4. The number of hydrogen-bond donors (Lipinski definition) is 5. The van der Waals surface area contributed by atoms with Crippen LogP contribution in [0, 0.1) is 29.1 Å². The van der Waals surface area contributed by atoms with Gasteiger partial charge in [0.15, 0.2) is 17.3 Å². The van der Waals surface area contributed by atoms with E-state index < -0.39 is 60.3 Å². The Balaban J connectivity index is 1.15. The lowest BCUT2D eigenvalue weighted by Crippen LogP contribution is -2.65. The standard InChI is InChI=1S/C49H73BN4O8/c1-8-9-12-33-14-16-34(17-15-33)35-18-20-36(21-19-35)40(56)27-37(22-24-52)47(60)54-45(32(4)55)42(58)25-30(2)46(59)53-39(13-10-11-23-51)41(57)26-31(3)50-61-44-29-38-28-43(48(38,5)6)49(44,7)62-50/h14-21,30-32,37-39,43-45,55H,8-13,22-29,51-52H2,1-7H3,(H,53,59)(H,54,60)/t30-,31-,32-,37-,38+,39+,43+,44?,45+,49+/m1/s1. The van der Waals surface area contributed by atoms with Crippen molar-refractivity contribution < 1.29 is 38.4 Å². The zero-order valence-corrected chi connectivity index (χ0v) is 38.3. The molecule has 1 saturated heterocycles. The predicted octanol–water partition coefficient (Wildman–Crippen LogP) is 6.39. The maximum Gasteiger partial charge on any atom is 0.461 e. The number of aliphatic hydroxyl groups excluding tert-OH is 1. The summed E-state index contributed by atoms with van der Waals surface area (Å²) >= 11 is 0.